The molecule has 38 heavy (non-hydrogen) atoms. The molecule has 0 amide bonds. The third kappa shape index (κ3) is 6.05. The summed E-state index contributed by atoms with van der Waals surface area (Å²) in [5.41, 5.74) is 6.89. The van der Waals surface area contributed by atoms with Crippen LogP contribution in [0.15, 0.2) is 70.6 Å². The second-order valence-electron chi connectivity index (χ2n) is 8.06. The number of anilines is 2. The van der Waals surface area contributed by atoms with Crippen molar-refractivity contribution in [3.63, 3.8) is 0 Å². The summed E-state index contributed by atoms with van der Waals surface area (Å²) in [6.45, 7) is -1.35. The molecular weight excluding hydrogens is 516 g/mol. The molecule has 0 unspecified atom stereocenters. The van der Waals surface area contributed by atoms with Gasteiger partial charge in [0.2, 0.25) is 0 Å². The smallest absolute Gasteiger partial charge is 0.406 e. The maximum absolute atomic E-state index is 13.7. The number of ether oxygens (including phenoxy) is 1. The van der Waals surface area contributed by atoms with Crippen LogP contribution in [-0.4, -0.2) is 41.9 Å². The first-order valence-electron chi connectivity index (χ1n) is 10.9. The van der Waals surface area contributed by atoms with Crippen molar-refractivity contribution in [1.82, 2.24) is 9.55 Å². The largest absolute Gasteiger partial charge is 0.573 e. The lowest BCUT2D eigenvalue weighted by Gasteiger charge is -2.15. The molecule has 198 valence electrons. The van der Waals surface area contributed by atoms with Crippen molar-refractivity contribution in [2.75, 3.05) is 24.6 Å². The average Bonchev–Trinajstić information content (AvgIpc) is 2.83. The fourth-order valence-electron chi connectivity index (χ4n) is 3.72. The maximum atomic E-state index is 13.7. The Hall–Kier alpha value is -4.55. The minimum Gasteiger partial charge on any atom is -0.406 e. The van der Waals surface area contributed by atoms with Gasteiger partial charge in [-0.25, -0.2) is 4.98 Å². The highest BCUT2D eigenvalue weighted by molar-refractivity contribution is 5.94. The third-order valence-electron chi connectivity index (χ3n) is 5.33. The lowest BCUT2D eigenvalue weighted by Crippen LogP contribution is -2.23. The summed E-state index contributed by atoms with van der Waals surface area (Å²) in [4.78, 5) is 21.9. The topological polar surface area (TPSA) is 94.5 Å². The molecule has 3 N–H and O–H groups in total. The SMILES string of the molecule is CN=Cc1cc(-n2cc3ccc(NCC(F)(F)F)nc3c(-c3ccc(OC(F)(F)F)cc3)c2=O)ccc1N. The minimum atomic E-state index is -4.91. The van der Waals surface area contributed by atoms with E-state index in [1.54, 1.807) is 25.2 Å². The second-order valence-corrected chi connectivity index (χ2v) is 8.06. The molecule has 0 spiro atoms. The van der Waals surface area contributed by atoms with Crippen LogP contribution < -0.4 is 21.3 Å². The summed E-state index contributed by atoms with van der Waals surface area (Å²) >= 11 is 0. The molecule has 0 saturated heterocycles. The van der Waals surface area contributed by atoms with Crippen molar-refractivity contribution < 1.29 is 31.1 Å². The summed E-state index contributed by atoms with van der Waals surface area (Å²) in [6.07, 6.45) is -6.46. The van der Waals surface area contributed by atoms with Crippen LogP contribution in [0.1, 0.15) is 5.56 Å². The number of halogens is 6. The van der Waals surface area contributed by atoms with Crippen molar-refractivity contribution in [1.29, 1.82) is 0 Å². The van der Waals surface area contributed by atoms with Crippen LogP contribution in [0.25, 0.3) is 27.7 Å². The first-order valence-corrected chi connectivity index (χ1v) is 10.9. The number of aliphatic imine (C=N–C) groups is 1. The van der Waals surface area contributed by atoms with Gasteiger partial charge in [0.05, 0.1) is 11.1 Å². The van der Waals surface area contributed by atoms with Crippen molar-refractivity contribution >= 4 is 28.6 Å². The Morgan fingerprint density at radius 1 is 1.05 bits per heavy atom. The van der Waals surface area contributed by atoms with Crippen molar-refractivity contribution in [3.8, 4) is 22.6 Å². The Kier molecular flexibility index (Phi) is 7.03. The van der Waals surface area contributed by atoms with Crippen LogP contribution in [0.5, 0.6) is 5.75 Å². The quantitative estimate of drug-likeness (QED) is 0.192. The van der Waals surface area contributed by atoms with E-state index in [1.165, 1.54) is 41.2 Å². The van der Waals surface area contributed by atoms with E-state index in [-0.39, 0.29) is 22.5 Å². The van der Waals surface area contributed by atoms with Gasteiger partial charge >= 0.3 is 12.5 Å². The van der Waals surface area contributed by atoms with Crippen LogP contribution in [-0.2, 0) is 0 Å². The second kappa shape index (κ2) is 10.1. The Morgan fingerprint density at radius 2 is 1.76 bits per heavy atom. The van der Waals surface area contributed by atoms with Crippen LogP contribution in [0.4, 0.5) is 37.8 Å². The van der Waals surface area contributed by atoms with Gasteiger partial charge in [0.25, 0.3) is 5.56 Å². The number of nitrogens with zero attached hydrogens (tertiary/aromatic N) is 3. The fourth-order valence-corrected chi connectivity index (χ4v) is 3.72. The number of hydrogen-bond acceptors (Lipinski definition) is 6. The summed E-state index contributed by atoms with van der Waals surface area (Å²) in [5.74, 6) is -0.650. The maximum Gasteiger partial charge on any atom is 0.573 e. The standard InChI is InChI=1S/C25H19F6N5O2/c1-33-11-16-10-17(5-8-19(16)32)36-12-15-4-9-20(34-13-24(26,27)28)35-22(15)21(23(36)37)14-2-6-18(7-3-14)38-25(29,30)31/h2-12H,13,32H2,1H3,(H,34,35). The van der Waals surface area contributed by atoms with Crippen LogP contribution in [0.3, 0.4) is 0 Å². The number of nitrogen functional groups attached to an aromatic ring is 1. The van der Waals surface area contributed by atoms with E-state index in [4.69, 9.17) is 5.73 Å². The molecule has 0 aliphatic heterocycles. The fraction of sp³-hybridized carbons (Fsp3) is 0.160. The molecule has 0 saturated carbocycles. The van der Waals surface area contributed by atoms with E-state index in [1.807, 2.05) is 0 Å². The van der Waals surface area contributed by atoms with E-state index in [0.29, 0.717) is 22.3 Å². The Bertz CT molecular complexity index is 1560. The molecule has 0 aliphatic rings. The van der Waals surface area contributed by atoms with Gasteiger partial charge in [0, 0.05) is 41.8 Å². The molecule has 2 heterocycles. The Balaban J connectivity index is 1.92. The van der Waals surface area contributed by atoms with Gasteiger partial charge in [-0.05, 0) is 48.0 Å². The van der Waals surface area contributed by atoms with E-state index in [0.717, 1.165) is 12.1 Å². The number of nitrogens with one attached hydrogen (secondary N) is 1. The summed E-state index contributed by atoms with van der Waals surface area (Å²) in [7, 11) is 1.55. The van der Waals surface area contributed by atoms with Gasteiger partial charge in [-0.3, -0.25) is 14.4 Å². The molecular formula is C25H19F6N5O2. The number of aromatic nitrogens is 2. The number of rotatable bonds is 6. The molecule has 0 radical (unpaired) electrons. The van der Waals surface area contributed by atoms with Crippen LogP contribution in [0.2, 0.25) is 0 Å². The summed E-state index contributed by atoms with van der Waals surface area (Å²) in [5, 5.41) is 2.55. The molecule has 7 nitrogen and oxygen atoms in total. The highest BCUT2D eigenvalue weighted by Gasteiger charge is 2.31. The minimum absolute atomic E-state index is 0.0424. The summed E-state index contributed by atoms with van der Waals surface area (Å²) in [6, 6.07) is 12.1. The number of alkyl halides is 6. The molecule has 2 aromatic heterocycles. The Morgan fingerprint density at radius 3 is 2.39 bits per heavy atom. The first-order chi connectivity index (χ1) is 17.8. The lowest BCUT2D eigenvalue weighted by molar-refractivity contribution is -0.274. The van der Waals surface area contributed by atoms with Crippen LogP contribution >= 0.6 is 0 Å². The molecule has 0 atom stereocenters. The zero-order valence-corrected chi connectivity index (χ0v) is 19.6. The first kappa shape index (κ1) is 26.5. The number of hydrogen-bond donors (Lipinski definition) is 2. The van der Waals surface area contributed by atoms with Gasteiger partial charge in [-0.15, -0.1) is 13.2 Å². The number of pyridine rings is 2. The molecule has 0 aliphatic carbocycles. The number of fused-ring (bicyclic) bond motifs is 1. The lowest BCUT2D eigenvalue weighted by atomic mass is 10.0. The monoisotopic (exact) mass is 535 g/mol. The van der Waals surface area contributed by atoms with Gasteiger partial charge in [-0.2, -0.15) is 13.2 Å². The zero-order valence-electron chi connectivity index (χ0n) is 19.6. The van der Waals surface area contributed by atoms with Crippen molar-refractivity contribution in [2.45, 2.75) is 12.5 Å². The van der Waals surface area contributed by atoms with E-state index < -0.39 is 30.4 Å². The van der Waals surface area contributed by atoms with E-state index in [9.17, 15) is 31.1 Å². The van der Waals surface area contributed by atoms with Crippen molar-refractivity contribution in [2.24, 2.45) is 4.99 Å². The summed E-state index contributed by atoms with van der Waals surface area (Å²) < 4.78 is 81.2. The van der Waals surface area contributed by atoms with Crippen LogP contribution in [0, 0.1) is 0 Å². The highest BCUT2D eigenvalue weighted by atomic mass is 19.4. The predicted molar refractivity (Wildman–Crippen MR) is 132 cm³/mol. The highest BCUT2D eigenvalue weighted by Crippen LogP contribution is 2.30. The van der Waals surface area contributed by atoms with Gasteiger partial charge < -0.3 is 15.8 Å². The van der Waals surface area contributed by atoms with E-state index >= 15 is 0 Å². The molecule has 0 fully saturated rings. The van der Waals surface area contributed by atoms with Gasteiger partial charge in [-0.1, -0.05) is 12.1 Å². The zero-order chi connectivity index (χ0) is 27.7. The third-order valence-corrected chi connectivity index (χ3v) is 5.33. The normalized spacial score (nSPS) is 12.3. The molecule has 4 aromatic rings. The number of nitrogens with two attached hydrogens (primary N) is 1. The van der Waals surface area contributed by atoms with Gasteiger partial charge in [0.1, 0.15) is 18.1 Å². The molecule has 4 rings (SSSR count). The molecule has 13 heteroatoms. The van der Waals surface area contributed by atoms with E-state index in [2.05, 4.69) is 20.0 Å². The van der Waals surface area contributed by atoms with Gasteiger partial charge in [0.15, 0.2) is 0 Å². The Labute approximate surface area is 211 Å². The number of benzene rings is 2. The molecule has 2 aromatic carbocycles. The predicted octanol–water partition coefficient (Wildman–Crippen LogP) is 5.56. The van der Waals surface area contributed by atoms with Crippen molar-refractivity contribution in [3.05, 3.63) is 76.7 Å². The molecule has 0 bridgehead atoms. The average molecular weight is 535 g/mol.